The van der Waals surface area contributed by atoms with Gasteiger partial charge in [-0.15, -0.1) is 0 Å². The zero-order chi connectivity index (χ0) is 12.8. The van der Waals surface area contributed by atoms with Crippen molar-refractivity contribution in [3.05, 3.63) is 24.2 Å². The average Bonchev–Trinajstić information content (AvgIpc) is 2.91. The van der Waals surface area contributed by atoms with Crippen LogP contribution < -0.4 is 5.32 Å². The van der Waals surface area contributed by atoms with E-state index in [1.807, 2.05) is 12.1 Å². The van der Waals surface area contributed by atoms with Crippen LogP contribution in [0.1, 0.15) is 12.7 Å². The second-order valence-electron chi connectivity index (χ2n) is 4.34. The zero-order valence-electron chi connectivity index (χ0n) is 10.7. The molecular weight excluding hydrogens is 232 g/mol. The number of hydrogen-bond donors (Lipinski definition) is 1. The van der Waals surface area contributed by atoms with Crippen LogP contribution in [0.3, 0.4) is 0 Å². The summed E-state index contributed by atoms with van der Waals surface area (Å²) in [5, 5.41) is 2.93. The van der Waals surface area contributed by atoms with Crippen molar-refractivity contribution in [1.82, 2.24) is 10.2 Å². The topological polar surface area (TPSA) is 54.7 Å². The van der Waals surface area contributed by atoms with E-state index in [9.17, 15) is 4.79 Å². The van der Waals surface area contributed by atoms with Gasteiger partial charge in [0.05, 0.1) is 19.5 Å². The van der Waals surface area contributed by atoms with Crippen LogP contribution in [0.2, 0.25) is 0 Å². The van der Waals surface area contributed by atoms with Gasteiger partial charge in [0.2, 0.25) is 5.91 Å². The summed E-state index contributed by atoms with van der Waals surface area (Å²) in [4.78, 5) is 14.2. The third kappa shape index (κ3) is 3.34. The van der Waals surface area contributed by atoms with E-state index in [0.29, 0.717) is 19.8 Å². The highest BCUT2D eigenvalue weighted by atomic mass is 16.5. The van der Waals surface area contributed by atoms with E-state index in [1.165, 1.54) is 0 Å². The van der Waals surface area contributed by atoms with Gasteiger partial charge in [-0.05, 0) is 18.7 Å². The Balaban J connectivity index is 1.76. The fraction of sp³-hybridized carbons (Fsp3) is 0.615. The molecule has 1 aliphatic heterocycles. The molecule has 1 aromatic heterocycles. The lowest BCUT2D eigenvalue weighted by atomic mass is 10.2. The predicted molar refractivity (Wildman–Crippen MR) is 67.3 cm³/mol. The number of ether oxygens (including phenoxy) is 1. The van der Waals surface area contributed by atoms with Crippen LogP contribution in [0.5, 0.6) is 0 Å². The molecule has 0 radical (unpaired) electrons. The number of rotatable bonds is 5. The van der Waals surface area contributed by atoms with Crippen LogP contribution in [-0.2, 0) is 16.0 Å². The summed E-state index contributed by atoms with van der Waals surface area (Å²) in [5.41, 5.74) is 0. The van der Waals surface area contributed by atoms with Crippen LogP contribution >= 0.6 is 0 Å². The number of likely N-dealkylation sites (N-methyl/N-ethyl adjacent to an activating group) is 1. The fourth-order valence-corrected chi connectivity index (χ4v) is 2.14. The maximum Gasteiger partial charge on any atom is 0.239 e. The van der Waals surface area contributed by atoms with Crippen molar-refractivity contribution in [2.75, 3.05) is 32.8 Å². The Morgan fingerprint density at radius 3 is 3.22 bits per heavy atom. The molecule has 5 nitrogen and oxygen atoms in total. The first-order valence-electron chi connectivity index (χ1n) is 6.43. The van der Waals surface area contributed by atoms with Gasteiger partial charge in [-0.3, -0.25) is 9.69 Å². The lowest BCUT2D eigenvalue weighted by molar-refractivity contribution is -0.132. The van der Waals surface area contributed by atoms with E-state index in [0.717, 1.165) is 25.3 Å². The molecule has 1 fully saturated rings. The van der Waals surface area contributed by atoms with Gasteiger partial charge in [-0.1, -0.05) is 6.92 Å². The van der Waals surface area contributed by atoms with Crippen molar-refractivity contribution in [2.24, 2.45) is 0 Å². The molecule has 1 aromatic rings. The summed E-state index contributed by atoms with van der Waals surface area (Å²) in [6.45, 7) is 5.56. The number of furan rings is 1. The summed E-state index contributed by atoms with van der Waals surface area (Å²) in [5.74, 6) is 0.936. The average molecular weight is 252 g/mol. The van der Waals surface area contributed by atoms with Crippen LogP contribution in [-0.4, -0.2) is 49.7 Å². The minimum absolute atomic E-state index is 0.0445. The molecule has 0 aromatic carbocycles. The SMILES string of the molecule is CCN1CCOCC1C(=O)NCCc1ccco1. The van der Waals surface area contributed by atoms with Crippen molar-refractivity contribution < 1.29 is 13.9 Å². The predicted octanol–water partition coefficient (Wildman–Crippen LogP) is 0.659. The van der Waals surface area contributed by atoms with Gasteiger partial charge in [0, 0.05) is 19.5 Å². The molecule has 5 heteroatoms. The van der Waals surface area contributed by atoms with Gasteiger partial charge in [0.15, 0.2) is 0 Å². The van der Waals surface area contributed by atoms with E-state index in [2.05, 4.69) is 17.1 Å². The van der Waals surface area contributed by atoms with Gasteiger partial charge in [0.1, 0.15) is 11.8 Å². The Labute approximate surface area is 107 Å². The van der Waals surface area contributed by atoms with Crippen LogP contribution in [0.15, 0.2) is 22.8 Å². The molecule has 1 unspecified atom stereocenters. The van der Waals surface area contributed by atoms with E-state index in [1.54, 1.807) is 6.26 Å². The van der Waals surface area contributed by atoms with Gasteiger partial charge in [0.25, 0.3) is 0 Å². The molecule has 1 N–H and O–H groups in total. The summed E-state index contributed by atoms with van der Waals surface area (Å²) < 4.78 is 10.6. The summed E-state index contributed by atoms with van der Waals surface area (Å²) in [6.07, 6.45) is 2.36. The third-order valence-corrected chi connectivity index (χ3v) is 3.20. The summed E-state index contributed by atoms with van der Waals surface area (Å²) in [7, 11) is 0. The van der Waals surface area contributed by atoms with Crippen molar-refractivity contribution in [3.63, 3.8) is 0 Å². The van der Waals surface area contributed by atoms with Crippen molar-refractivity contribution in [1.29, 1.82) is 0 Å². The summed E-state index contributed by atoms with van der Waals surface area (Å²) >= 11 is 0. The quantitative estimate of drug-likeness (QED) is 0.836. The van der Waals surface area contributed by atoms with Crippen molar-refractivity contribution >= 4 is 5.91 Å². The molecule has 18 heavy (non-hydrogen) atoms. The molecule has 0 aliphatic carbocycles. The normalized spacial score (nSPS) is 20.8. The number of carbonyl (C=O) groups excluding carboxylic acids is 1. The van der Waals surface area contributed by atoms with E-state index in [4.69, 9.17) is 9.15 Å². The van der Waals surface area contributed by atoms with Crippen LogP contribution in [0.25, 0.3) is 0 Å². The van der Waals surface area contributed by atoms with Crippen LogP contribution in [0.4, 0.5) is 0 Å². The van der Waals surface area contributed by atoms with Crippen molar-refractivity contribution in [2.45, 2.75) is 19.4 Å². The van der Waals surface area contributed by atoms with Crippen LogP contribution in [0, 0.1) is 0 Å². The smallest absolute Gasteiger partial charge is 0.239 e. The Morgan fingerprint density at radius 2 is 2.50 bits per heavy atom. The number of nitrogens with one attached hydrogen (secondary N) is 1. The molecule has 1 amide bonds. The largest absolute Gasteiger partial charge is 0.469 e. The highest BCUT2D eigenvalue weighted by Gasteiger charge is 2.27. The summed E-state index contributed by atoms with van der Waals surface area (Å²) in [6, 6.07) is 3.61. The highest BCUT2D eigenvalue weighted by Crippen LogP contribution is 2.06. The maximum atomic E-state index is 12.0. The molecule has 1 atom stereocenters. The number of morpholine rings is 1. The molecule has 100 valence electrons. The Morgan fingerprint density at radius 1 is 1.61 bits per heavy atom. The maximum absolute atomic E-state index is 12.0. The minimum atomic E-state index is -0.152. The second-order valence-corrected chi connectivity index (χ2v) is 4.34. The molecule has 2 heterocycles. The number of hydrogen-bond acceptors (Lipinski definition) is 4. The molecule has 0 bridgehead atoms. The van der Waals surface area contributed by atoms with E-state index >= 15 is 0 Å². The fourth-order valence-electron chi connectivity index (χ4n) is 2.14. The van der Waals surface area contributed by atoms with Gasteiger partial charge in [-0.2, -0.15) is 0 Å². The Kier molecular flexibility index (Phi) is 4.78. The zero-order valence-corrected chi connectivity index (χ0v) is 10.7. The first-order chi connectivity index (χ1) is 8.81. The minimum Gasteiger partial charge on any atom is -0.469 e. The number of nitrogens with zero attached hydrogens (tertiary/aromatic N) is 1. The molecule has 0 saturated carbocycles. The first kappa shape index (κ1) is 13.1. The highest BCUT2D eigenvalue weighted by molar-refractivity contribution is 5.82. The van der Waals surface area contributed by atoms with Gasteiger partial charge >= 0.3 is 0 Å². The Hall–Kier alpha value is -1.33. The van der Waals surface area contributed by atoms with Gasteiger partial charge < -0.3 is 14.5 Å². The number of amides is 1. The Bertz CT molecular complexity index is 364. The molecular formula is C13H20N2O3. The lowest BCUT2D eigenvalue weighted by Crippen LogP contribution is -2.53. The van der Waals surface area contributed by atoms with E-state index < -0.39 is 0 Å². The molecule has 0 spiro atoms. The molecule has 1 saturated heterocycles. The standard InChI is InChI=1S/C13H20N2O3/c1-2-15-7-9-17-10-12(15)13(16)14-6-5-11-4-3-8-18-11/h3-4,8,12H,2,5-7,9-10H2,1H3,(H,14,16). The molecule has 2 rings (SSSR count). The van der Waals surface area contributed by atoms with Gasteiger partial charge in [-0.25, -0.2) is 0 Å². The monoisotopic (exact) mass is 252 g/mol. The first-order valence-corrected chi connectivity index (χ1v) is 6.43. The molecule has 1 aliphatic rings. The van der Waals surface area contributed by atoms with Crippen molar-refractivity contribution in [3.8, 4) is 0 Å². The van der Waals surface area contributed by atoms with E-state index in [-0.39, 0.29) is 11.9 Å². The second kappa shape index (κ2) is 6.56. The lowest BCUT2D eigenvalue weighted by Gasteiger charge is -2.33. The third-order valence-electron chi connectivity index (χ3n) is 3.20. The number of carbonyl (C=O) groups is 1.